The number of carbonyl (C=O) groups is 1. The van der Waals surface area contributed by atoms with Crippen molar-refractivity contribution < 1.29 is 4.79 Å². The molecule has 1 rings (SSSR count). The zero-order valence-electron chi connectivity index (χ0n) is 7.45. The third-order valence-corrected chi connectivity index (χ3v) is 1.37. The van der Waals surface area contributed by atoms with Crippen molar-refractivity contribution in [1.29, 1.82) is 0 Å². The zero-order valence-corrected chi connectivity index (χ0v) is 7.45. The number of nitrogens with zero attached hydrogens (tertiary/aromatic N) is 2. The topological polar surface area (TPSA) is 54.9 Å². The van der Waals surface area contributed by atoms with E-state index in [0.717, 1.165) is 5.57 Å². The second kappa shape index (κ2) is 4.35. The van der Waals surface area contributed by atoms with Gasteiger partial charge in [-0.2, -0.15) is 0 Å². The van der Waals surface area contributed by atoms with Gasteiger partial charge < -0.3 is 5.32 Å². The molecule has 0 saturated carbocycles. The smallest absolute Gasteiger partial charge is 0.270 e. The van der Waals surface area contributed by atoms with E-state index in [9.17, 15) is 4.79 Å². The number of amides is 1. The fraction of sp³-hybridized carbons (Fsp3) is 0.222. The zero-order chi connectivity index (χ0) is 9.68. The molecule has 4 nitrogen and oxygen atoms in total. The molecule has 0 radical (unpaired) electrons. The summed E-state index contributed by atoms with van der Waals surface area (Å²) in [5.41, 5.74) is 1.28. The number of rotatable bonds is 3. The van der Waals surface area contributed by atoms with Crippen LogP contribution in [0.25, 0.3) is 0 Å². The molecule has 0 aliphatic rings. The molecule has 1 amide bonds. The Labute approximate surface area is 76.7 Å². The predicted molar refractivity (Wildman–Crippen MR) is 49.2 cm³/mol. The van der Waals surface area contributed by atoms with Crippen LogP contribution in [0.2, 0.25) is 0 Å². The van der Waals surface area contributed by atoms with E-state index in [1.54, 1.807) is 6.07 Å². The first-order valence-electron chi connectivity index (χ1n) is 3.88. The van der Waals surface area contributed by atoms with E-state index in [-0.39, 0.29) is 5.91 Å². The molecular formula is C9H11N3O. The summed E-state index contributed by atoms with van der Waals surface area (Å²) in [6, 6.07) is 1.56. The fourth-order valence-corrected chi connectivity index (χ4v) is 0.747. The molecule has 1 heterocycles. The van der Waals surface area contributed by atoms with Crippen molar-refractivity contribution in [1.82, 2.24) is 15.3 Å². The summed E-state index contributed by atoms with van der Waals surface area (Å²) < 4.78 is 0. The Kier molecular flexibility index (Phi) is 3.14. The number of hydrogen-bond donors (Lipinski definition) is 1. The Hall–Kier alpha value is -1.71. The van der Waals surface area contributed by atoms with E-state index in [2.05, 4.69) is 21.9 Å². The number of carbonyl (C=O) groups excluding carboxylic acids is 1. The largest absolute Gasteiger partial charge is 0.347 e. The second-order valence-corrected chi connectivity index (χ2v) is 2.73. The first-order chi connectivity index (χ1) is 6.20. The molecule has 13 heavy (non-hydrogen) atoms. The van der Waals surface area contributed by atoms with Crippen LogP contribution >= 0.6 is 0 Å². The van der Waals surface area contributed by atoms with E-state index in [4.69, 9.17) is 0 Å². The SMILES string of the molecule is C=C(C)CNC(=O)c1ccncn1. The Morgan fingerprint density at radius 2 is 2.46 bits per heavy atom. The molecule has 1 aromatic rings. The van der Waals surface area contributed by atoms with Gasteiger partial charge in [-0.15, -0.1) is 0 Å². The summed E-state index contributed by atoms with van der Waals surface area (Å²) in [5.74, 6) is -0.203. The van der Waals surface area contributed by atoms with E-state index in [0.29, 0.717) is 12.2 Å². The highest BCUT2D eigenvalue weighted by molar-refractivity contribution is 5.92. The van der Waals surface area contributed by atoms with Crippen molar-refractivity contribution >= 4 is 5.91 Å². The third-order valence-electron chi connectivity index (χ3n) is 1.37. The van der Waals surface area contributed by atoms with Crippen LogP contribution in [0.4, 0.5) is 0 Å². The Morgan fingerprint density at radius 3 is 3.00 bits per heavy atom. The highest BCUT2D eigenvalue weighted by atomic mass is 16.1. The summed E-state index contributed by atoms with van der Waals surface area (Å²) in [4.78, 5) is 18.8. The lowest BCUT2D eigenvalue weighted by Crippen LogP contribution is -2.25. The van der Waals surface area contributed by atoms with Crippen molar-refractivity contribution in [2.45, 2.75) is 6.92 Å². The molecule has 0 unspecified atom stereocenters. The van der Waals surface area contributed by atoms with Gasteiger partial charge >= 0.3 is 0 Å². The molecule has 68 valence electrons. The molecule has 0 aliphatic carbocycles. The molecule has 0 atom stereocenters. The van der Waals surface area contributed by atoms with Crippen LogP contribution in [-0.2, 0) is 0 Å². The lowest BCUT2D eigenvalue weighted by Gasteiger charge is -2.02. The summed E-state index contributed by atoms with van der Waals surface area (Å²) in [5, 5.41) is 2.67. The maximum Gasteiger partial charge on any atom is 0.270 e. The minimum absolute atomic E-state index is 0.203. The van der Waals surface area contributed by atoms with Crippen molar-refractivity contribution in [3.63, 3.8) is 0 Å². The third kappa shape index (κ3) is 3.02. The summed E-state index contributed by atoms with van der Waals surface area (Å²) in [6.07, 6.45) is 2.87. The Bertz CT molecular complexity index is 308. The van der Waals surface area contributed by atoms with E-state index >= 15 is 0 Å². The van der Waals surface area contributed by atoms with Gasteiger partial charge in [0, 0.05) is 12.7 Å². The minimum atomic E-state index is -0.203. The van der Waals surface area contributed by atoms with Gasteiger partial charge in [0.25, 0.3) is 5.91 Å². The van der Waals surface area contributed by atoms with Crippen molar-refractivity contribution in [2.24, 2.45) is 0 Å². The van der Waals surface area contributed by atoms with Gasteiger partial charge in [-0.3, -0.25) is 4.79 Å². The van der Waals surface area contributed by atoms with Crippen LogP contribution in [0.5, 0.6) is 0 Å². The van der Waals surface area contributed by atoms with Gasteiger partial charge in [0.1, 0.15) is 12.0 Å². The van der Waals surface area contributed by atoms with Crippen LogP contribution < -0.4 is 5.32 Å². The molecule has 0 saturated heterocycles. The fourth-order valence-electron chi connectivity index (χ4n) is 0.747. The molecule has 1 aromatic heterocycles. The molecule has 0 aromatic carbocycles. The van der Waals surface area contributed by atoms with Crippen molar-refractivity contribution in [2.75, 3.05) is 6.54 Å². The lowest BCUT2D eigenvalue weighted by molar-refractivity contribution is 0.0952. The predicted octanol–water partition coefficient (Wildman–Crippen LogP) is 0.782. The van der Waals surface area contributed by atoms with E-state index in [1.165, 1.54) is 12.5 Å². The van der Waals surface area contributed by atoms with E-state index in [1.807, 2.05) is 6.92 Å². The van der Waals surface area contributed by atoms with Gasteiger partial charge in [-0.05, 0) is 13.0 Å². The second-order valence-electron chi connectivity index (χ2n) is 2.73. The summed E-state index contributed by atoms with van der Waals surface area (Å²) >= 11 is 0. The van der Waals surface area contributed by atoms with Crippen LogP contribution in [0.3, 0.4) is 0 Å². The maximum absolute atomic E-state index is 11.3. The molecule has 0 spiro atoms. The maximum atomic E-state index is 11.3. The molecular weight excluding hydrogens is 166 g/mol. The molecule has 0 fully saturated rings. The first kappa shape index (κ1) is 9.38. The Balaban J connectivity index is 2.54. The molecule has 0 aliphatic heterocycles. The van der Waals surface area contributed by atoms with Crippen molar-refractivity contribution in [3.8, 4) is 0 Å². The van der Waals surface area contributed by atoms with Gasteiger partial charge in [0.2, 0.25) is 0 Å². The number of nitrogens with one attached hydrogen (secondary N) is 1. The van der Waals surface area contributed by atoms with Crippen LogP contribution in [0.15, 0.2) is 30.7 Å². The average molecular weight is 177 g/mol. The lowest BCUT2D eigenvalue weighted by atomic mass is 10.3. The quantitative estimate of drug-likeness (QED) is 0.694. The number of aromatic nitrogens is 2. The molecule has 1 N–H and O–H groups in total. The summed E-state index contributed by atoms with van der Waals surface area (Å²) in [6.45, 7) is 6.00. The highest BCUT2D eigenvalue weighted by Crippen LogP contribution is 1.91. The molecule has 0 bridgehead atoms. The van der Waals surface area contributed by atoms with Crippen LogP contribution in [-0.4, -0.2) is 22.4 Å². The Morgan fingerprint density at radius 1 is 1.69 bits per heavy atom. The highest BCUT2D eigenvalue weighted by Gasteiger charge is 2.04. The normalized spacial score (nSPS) is 9.31. The molecule has 4 heteroatoms. The minimum Gasteiger partial charge on any atom is -0.347 e. The summed E-state index contributed by atoms with van der Waals surface area (Å²) in [7, 11) is 0. The van der Waals surface area contributed by atoms with Gasteiger partial charge in [-0.1, -0.05) is 12.2 Å². The standard InChI is InChI=1S/C9H11N3O/c1-7(2)5-11-9(13)8-3-4-10-6-12-8/h3-4,6H,1,5H2,2H3,(H,11,13). The monoisotopic (exact) mass is 177 g/mol. The first-order valence-corrected chi connectivity index (χ1v) is 3.88. The average Bonchev–Trinajstić information content (AvgIpc) is 2.15. The van der Waals surface area contributed by atoms with Gasteiger partial charge in [0.05, 0.1) is 0 Å². The van der Waals surface area contributed by atoms with E-state index < -0.39 is 0 Å². The van der Waals surface area contributed by atoms with Crippen molar-refractivity contribution in [3.05, 3.63) is 36.4 Å². The van der Waals surface area contributed by atoms with Crippen LogP contribution in [0.1, 0.15) is 17.4 Å². The van der Waals surface area contributed by atoms with Gasteiger partial charge in [-0.25, -0.2) is 9.97 Å². The number of hydrogen-bond acceptors (Lipinski definition) is 3. The van der Waals surface area contributed by atoms with Crippen LogP contribution in [0, 0.1) is 0 Å². The van der Waals surface area contributed by atoms with Gasteiger partial charge in [0.15, 0.2) is 0 Å².